The summed E-state index contributed by atoms with van der Waals surface area (Å²) in [6.07, 6.45) is 9.87. The Morgan fingerprint density at radius 3 is 2.25 bits per heavy atom. The van der Waals surface area contributed by atoms with Crippen LogP contribution in [0.2, 0.25) is 0 Å². The second-order valence-electron chi connectivity index (χ2n) is 7.87. The summed E-state index contributed by atoms with van der Waals surface area (Å²) >= 11 is 0. The van der Waals surface area contributed by atoms with Crippen LogP contribution in [0.3, 0.4) is 0 Å². The molecule has 1 aliphatic rings. The first-order valence-electron chi connectivity index (χ1n) is 10.5. The minimum absolute atomic E-state index is 0.0885. The van der Waals surface area contributed by atoms with Gasteiger partial charge in [0, 0.05) is 5.56 Å². The van der Waals surface area contributed by atoms with Crippen LogP contribution >= 0.6 is 0 Å². The monoisotopic (exact) mass is 386 g/mol. The number of rotatable bonds is 6. The minimum Gasteiger partial charge on any atom is -0.207 e. The molecule has 3 heteroatoms. The van der Waals surface area contributed by atoms with Crippen LogP contribution in [0.15, 0.2) is 36.4 Å². The molecule has 150 valence electrons. The number of hydrogen-bond acceptors (Lipinski definition) is 0. The Labute approximate surface area is 166 Å². The van der Waals surface area contributed by atoms with Crippen molar-refractivity contribution in [3.63, 3.8) is 0 Å². The fourth-order valence-electron chi connectivity index (χ4n) is 4.18. The predicted octanol–water partition coefficient (Wildman–Crippen LogP) is 7.61. The third-order valence-corrected chi connectivity index (χ3v) is 5.96. The molecule has 0 unspecified atom stereocenters. The van der Waals surface area contributed by atoms with Crippen LogP contribution in [0.25, 0.3) is 6.08 Å². The van der Waals surface area contributed by atoms with E-state index in [1.807, 2.05) is 19.1 Å². The van der Waals surface area contributed by atoms with E-state index >= 15 is 0 Å². The van der Waals surface area contributed by atoms with Crippen molar-refractivity contribution in [1.82, 2.24) is 0 Å². The van der Waals surface area contributed by atoms with Gasteiger partial charge >= 0.3 is 0 Å². The molecule has 2 aromatic carbocycles. The fourth-order valence-corrected chi connectivity index (χ4v) is 4.18. The van der Waals surface area contributed by atoms with Crippen LogP contribution in [-0.4, -0.2) is 0 Å². The Kier molecular flexibility index (Phi) is 6.98. The van der Waals surface area contributed by atoms with Crippen LogP contribution < -0.4 is 0 Å². The Morgan fingerprint density at radius 2 is 1.61 bits per heavy atom. The van der Waals surface area contributed by atoms with Crippen molar-refractivity contribution in [3.8, 4) is 0 Å². The lowest BCUT2D eigenvalue weighted by molar-refractivity contribution is 0.376. The average molecular weight is 387 g/mol. The lowest BCUT2D eigenvalue weighted by Crippen LogP contribution is -2.12. The van der Waals surface area contributed by atoms with Gasteiger partial charge < -0.3 is 0 Å². The summed E-state index contributed by atoms with van der Waals surface area (Å²) in [4.78, 5) is 0. The summed E-state index contributed by atoms with van der Waals surface area (Å²) in [7, 11) is 0. The summed E-state index contributed by atoms with van der Waals surface area (Å²) < 4.78 is 42.3. The number of aryl methyl sites for hydroxylation is 2. The maximum atomic E-state index is 14.2. The molecule has 28 heavy (non-hydrogen) atoms. The molecule has 1 fully saturated rings. The fraction of sp³-hybridized carbons (Fsp3) is 0.440. The van der Waals surface area contributed by atoms with Crippen molar-refractivity contribution < 1.29 is 13.2 Å². The summed E-state index contributed by atoms with van der Waals surface area (Å²) in [5.41, 5.74) is 2.60. The van der Waals surface area contributed by atoms with Gasteiger partial charge in [0.2, 0.25) is 0 Å². The molecule has 0 bridgehead atoms. The van der Waals surface area contributed by atoms with Gasteiger partial charge in [0.15, 0.2) is 11.6 Å². The van der Waals surface area contributed by atoms with Crippen LogP contribution in [0, 0.1) is 23.4 Å². The summed E-state index contributed by atoms with van der Waals surface area (Å²) in [5.74, 6) is -0.843. The third kappa shape index (κ3) is 4.68. The van der Waals surface area contributed by atoms with Gasteiger partial charge in [-0.25, -0.2) is 13.2 Å². The van der Waals surface area contributed by atoms with Crippen molar-refractivity contribution in [2.45, 2.75) is 64.7 Å². The molecule has 1 aliphatic carbocycles. The minimum atomic E-state index is -0.757. The molecule has 0 N–H and O–H groups in total. The quantitative estimate of drug-likeness (QED) is 0.479. The zero-order valence-electron chi connectivity index (χ0n) is 16.8. The van der Waals surface area contributed by atoms with Crippen LogP contribution in [0.5, 0.6) is 0 Å². The van der Waals surface area contributed by atoms with Gasteiger partial charge in [-0.1, -0.05) is 56.7 Å². The molecule has 0 spiro atoms. The van der Waals surface area contributed by atoms with E-state index in [1.54, 1.807) is 24.3 Å². The van der Waals surface area contributed by atoms with E-state index in [2.05, 4.69) is 13.0 Å². The molecule has 0 amide bonds. The topological polar surface area (TPSA) is 0 Å². The van der Waals surface area contributed by atoms with Crippen molar-refractivity contribution in [2.75, 3.05) is 0 Å². The molecular weight excluding hydrogens is 357 g/mol. The highest BCUT2D eigenvalue weighted by Crippen LogP contribution is 2.37. The molecule has 0 nitrogen and oxygen atoms in total. The van der Waals surface area contributed by atoms with E-state index in [0.717, 1.165) is 49.7 Å². The average Bonchev–Trinajstić information content (AvgIpc) is 2.71. The first kappa shape index (κ1) is 20.7. The van der Waals surface area contributed by atoms with Gasteiger partial charge in [0.1, 0.15) is 5.82 Å². The van der Waals surface area contributed by atoms with E-state index in [1.165, 1.54) is 0 Å². The van der Waals surface area contributed by atoms with Crippen molar-refractivity contribution >= 4 is 6.08 Å². The lowest BCUT2D eigenvalue weighted by Gasteiger charge is -2.27. The van der Waals surface area contributed by atoms with Crippen molar-refractivity contribution in [3.05, 3.63) is 76.1 Å². The number of benzene rings is 2. The van der Waals surface area contributed by atoms with E-state index in [-0.39, 0.29) is 5.82 Å². The van der Waals surface area contributed by atoms with E-state index in [0.29, 0.717) is 29.4 Å². The van der Waals surface area contributed by atoms with Crippen molar-refractivity contribution in [2.24, 2.45) is 5.92 Å². The van der Waals surface area contributed by atoms with Crippen LogP contribution in [0.1, 0.15) is 74.1 Å². The van der Waals surface area contributed by atoms with Gasteiger partial charge in [-0.15, -0.1) is 0 Å². The summed E-state index contributed by atoms with van der Waals surface area (Å²) in [5, 5.41) is 0. The molecule has 0 radical (unpaired) electrons. The Balaban J connectivity index is 1.61. The Bertz CT molecular complexity index is 830. The van der Waals surface area contributed by atoms with E-state index in [9.17, 15) is 13.2 Å². The zero-order chi connectivity index (χ0) is 20.1. The highest BCUT2D eigenvalue weighted by Gasteiger charge is 2.22. The molecular formula is C25H29F3. The van der Waals surface area contributed by atoms with Crippen LogP contribution in [-0.2, 0) is 12.8 Å². The smallest absolute Gasteiger partial charge is 0.166 e. The van der Waals surface area contributed by atoms with Gasteiger partial charge in [-0.05, 0) is 73.1 Å². The third-order valence-electron chi connectivity index (χ3n) is 5.96. The second kappa shape index (κ2) is 9.45. The maximum Gasteiger partial charge on any atom is 0.166 e. The van der Waals surface area contributed by atoms with E-state index < -0.39 is 11.6 Å². The van der Waals surface area contributed by atoms with Crippen molar-refractivity contribution in [1.29, 1.82) is 0 Å². The van der Waals surface area contributed by atoms with Crippen LogP contribution in [0.4, 0.5) is 13.2 Å². The molecule has 0 atom stereocenters. The first-order chi connectivity index (χ1) is 13.5. The van der Waals surface area contributed by atoms with Gasteiger partial charge in [0.25, 0.3) is 0 Å². The Hall–Kier alpha value is -2.03. The molecule has 0 saturated heterocycles. The van der Waals surface area contributed by atoms with E-state index in [4.69, 9.17) is 0 Å². The number of allylic oxidation sites excluding steroid dienone is 1. The standard InChI is InChI=1S/C25H29F3/c1-3-5-20-13-15-22(16-23(20)26)19-9-6-17(7-10-19)8-11-21-14-12-18(4-2)24(27)25(21)28/h8,11-17,19H,3-7,9-10H2,1-2H3. The molecule has 0 aromatic heterocycles. The molecule has 1 saturated carbocycles. The Morgan fingerprint density at radius 1 is 0.893 bits per heavy atom. The molecule has 0 heterocycles. The zero-order valence-corrected chi connectivity index (χ0v) is 16.8. The number of halogens is 3. The SMILES string of the molecule is CCCc1ccc(C2CCC(C=Cc3ccc(CC)c(F)c3F)CC2)cc1F. The lowest BCUT2D eigenvalue weighted by atomic mass is 9.78. The van der Waals surface area contributed by atoms with Gasteiger partial charge in [-0.2, -0.15) is 0 Å². The second-order valence-corrected chi connectivity index (χ2v) is 7.87. The highest BCUT2D eigenvalue weighted by molar-refractivity contribution is 5.51. The first-order valence-corrected chi connectivity index (χ1v) is 10.5. The number of hydrogen-bond donors (Lipinski definition) is 0. The molecule has 3 rings (SSSR count). The molecule has 0 aliphatic heterocycles. The molecule has 2 aromatic rings. The highest BCUT2D eigenvalue weighted by atomic mass is 19.2. The maximum absolute atomic E-state index is 14.2. The largest absolute Gasteiger partial charge is 0.207 e. The van der Waals surface area contributed by atoms with Gasteiger partial charge in [-0.3, -0.25) is 0 Å². The normalized spacial score (nSPS) is 20.0. The van der Waals surface area contributed by atoms with Gasteiger partial charge in [0.05, 0.1) is 0 Å². The predicted molar refractivity (Wildman–Crippen MR) is 110 cm³/mol. The summed E-state index contributed by atoms with van der Waals surface area (Å²) in [6.45, 7) is 3.87. The summed E-state index contributed by atoms with van der Waals surface area (Å²) in [6, 6.07) is 9.02.